The Morgan fingerprint density at radius 2 is 1.85 bits per heavy atom. The van der Waals surface area contributed by atoms with Gasteiger partial charge in [-0.05, 0) is 57.4 Å². The summed E-state index contributed by atoms with van der Waals surface area (Å²) in [7, 11) is 0. The van der Waals surface area contributed by atoms with Gasteiger partial charge in [0.2, 0.25) is 0 Å². The Balaban J connectivity index is 1.79. The van der Waals surface area contributed by atoms with Crippen LogP contribution < -0.4 is 9.64 Å². The van der Waals surface area contributed by atoms with Crippen LogP contribution in [0.5, 0.6) is 5.75 Å². The lowest BCUT2D eigenvalue weighted by atomic mass is 9.97. The maximum Gasteiger partial charge on any atom is 0.137 e. The van der Waals surface area contributed by atoms with Gasteiger partial charge in [0.1, 0.15) is 25.0 Å². The smallest absolute Gasteiger partial charge is 0.137 e. The van der Waals surface area contributed by atoms with Crippen LogP contribution in [0.3, 0.4) is 0 Å². The standard InChI is InChI=1S/C16H24ClNO2/c1-12-4-3-5-13(2)18(12)10-15(19)11-20-16-8-6-14(17)7-9-16/h6-9,12-13,15,19H,3-5,10-11H2,1-2H3/p+1/t12-,13-,15+/m1/s1. The molecule has 0 aromatic heterocycles. The third kappa shape index (κ3) is 4.37. The highest BCUT2D eigenvalue weighted by Gasteiger charge is 2.30. The van der Waals surface area contributed by atoms with Crippen LogP contribution in [-0.4, -0.2) is 36.4 Å². The van der Waals surface area contributed by atoms with Crippen molar-refractivity contribution in [2.45, 2.75) is 51.3 Å². The minimum absolute atomic E-state index is 0.338. The maximum atomic E-state index is 10.2. The molecule has 1 fully saturated rings. The van der Waals surface area contributed by atoms with Crippen LogP contribution in [0.15, 0.2) is 24.3 Å². The van der Waals surface area contributed by atoms with Gasteiger partial charge in [-0.15, -0.1) is 0 Å². The van der Waals surface area contributed by atoms with Crippen LogP contribution in [0.1, 0.15) is 33.1 Å². The minimum Gasteiger partial charge on any atom is -0.491 e. The number of benzene rings is 1. The van der Waals surface area contributed by atoms with E-state index in [4.69, 9.17) is 16.3 Å². The highest BCUT2D eigenvalue weighted by Crippen LogP contribution is 2.15. The van der Waals surface area contributed by atoms with E-state index in [1.54, 1.807) is 12.1 Å². The number of nitrogens with one attached hydrogen (secondary N) is 1. The van der Waals surface area contributed by atoms with E-state index in [2.05, 4.69) is 13.8 Å². The van der Waals surface area contributed by atoms with Gasteiger partial charge in [0.15, 0.2) is 0 Å². The lowest BCUT2D eigenvalue weighted by molar-refractivity contribution is -0.954. The molecular formula is C16H25ClNO2+. The Bertz CT molecular complexity index is 399. The first-order chi connectivity index (χ1) is 9.56. The molecule has 0 saturated carbocycles. The predicted octanol–water partition coefficient (Wildman–Crippen LogP) is 1.93. The van der Waals surface area contributed by atoms with Crippen molar-refractivity contribution in [2.75, 3.05) is 13.2 Å². The SMILES string of the molecule is C[C@@H]1CCC[C@@H](C)[NH+]1C[C@H](O)COc1ccc(Cl)cc1. The molecule has 2 N–H and O–H groups in total. The van der Waals surface area contributed by atoms with Crippen LogP contribution in [0.25, 0.3) is 0 Å². The summed E-state index contributed by atoms with van der Waals surface area (Å²) in [6.45, 7) is 5.65. The van der Waals surface area contributed by atoms with E-state index in [1.165, 1.54) is 24.2 Å². The molecule has 0 unspecified atom stereocenters. The van der Waals surface area contributed by atoms with Crippen molar-refractivity contribution in [3.05, 3.63) is 29.3 Å². The van der Waals surface area contributed by atoms with Crippen molar-refractivity contribution < 1.29 is 14.7 Å². The highest BCUT2D eigenvalue weighted by atomic mass is 35.5. The van der Waals surface area contributed by atoms with E-state index in [1.807, 2.05) is 12.1 Å². The number of quaternary nitrogens is 1. The quantitative estimate of drug-likeness (QED) is 0.871. The summed E-state index contributed by atoms with van der Waals surface area (Å²) in [5.41, 5.74) is 0. The lowest BCUT2D eigenvalue weighted by Gasteiger charge is -2.36. The first kappa shape index (κ1) is 15.6. The first-order valence-corrected chi connectivity index (χ1v) is 7.86. The van der Waals surface area contributed by atoms with Crippen molar-refractivity contribution in [1.82, 2.24) is 0 Å². The minimum atomic E-state index is -0.427. The molecule has 0 bridgehead atoms. The molecule has 1 aromatic carbocycles. The second-order valence-corrected chi connectivity index (χ2v) is 6.37. The Morgan fingerprint density at radius 1 is 1.25 bits per heavy atom. The zero-order valence-electron chi connectivity index (χ0n) is 12.3. The molecule has 1 aliphatic rings. The molecule has 1 saturated heterocycles. The molecule has 0 spiro atoms. The molecule has 1 heterocycles. The summed E-state index contributed by atoms with van der Waals surface area (Å²) in [5.74, 6) is 0.753. The van der Waals surface area contributed by atoms with Crippen LogP contribution in [0, 0.1) is 0 Å². The highest BCUT2D eigenvalue weighted by molar-refractivity contribution is 6.30. The fraction of sp³-hybridized carbons (Fsp3) is 0.625. The van der Waals surface area contributed by atoms with Gasteiger partial charge in [0.05, 0.1) is 12.1 Å². The molecule has 112 valence electrons. The molecule has 0 amide bonds. The zero-order chi connectivity index (χ0) is 14.5. The van der Waals surface area contributed by atoms with Crippen molar-refractivity contribution >= 4 is 11.6 Å². The van der Waals surface area contributed by atoms with Gasteiger partial charge in [0.25, 0.3) is 0 Å². The maximum absolute atomic E-state index is 10.2. The second-order valence-electron chi connectivity index (χ2n) is 5.93. The normalized spacial score (nSPS) is 25.4. The van der Waals surface area contributed by atoms with Crippen molar-refractivity contribution in [2.24, 2.45) is 0 Å². The van der Waals surface area contributed by atoms with E-state index in [0.29, 0.717) is 23.7 Å². The summed E-state index contributed by atoms with van der Waals surface area (Å²) in [6, 6.07) is 8.50. The van der Waals surface area contributed by atoms with E-state index in [0.717, 1.165) is 12.3 Å². The number of likely N-dealkylation sites (tertiary alicyclic amines) is 1. The largest absolute Gasteiger partial charge is 0.491 e. The average molecular weight is 299 g/mol. The first-order valence-electron chi connectivity index (χ1n) is 7.48. The van der Waals surface area contributed by atoms with Gasteiger partial charge in [-0.3, -0.25) is 0 Å². The number of rotatable bonds is 5. The monoisotopic (exact) mass is 298 g/mol. The molecule has 20 heavy (non-hydrogen) atoms. The average Bonchev–Trinajstić information content (AvgIpc) is 2.42. The van der Waals surface area contributed by atoms with Crippen LogP contribution in [-0.2, 0) is 0 Å². The molecule has 0 aliphatic carbocycles. The predicted molar refractivity (Wildman–Crippen MR) is 81.6 cm³/mol. The van der Waals surface area contributed by atoms with Gasteiger partial charge in [0, 0.05) is 5.02 Å². The molecule has 0 radical (unpaired) electrons. The van der Waals surface area contributed by atoms with Crippen molar-refractivity contribution in [1.29, 1.82) is 0 Å². The van der Waals surface area contributed by atoms with E-state index < -0.39 is 6.10 Å². The molecule has 1 aliphatic heterocycles. The summed E-state index contributed by atoms with van der Waals surface area (Å²) < 4.78 is 5.61. The number of piperidine rings is 1. The molecule has 3 atom stereocenters. The Labute approximate surface area is 126 Å². The Hall–Kier alpha value is -0.770. The van der Waals surface area contributed by atoms with Gasteiger partial charge in [-0.25, -0.2) is 0 Å². The van der Waals surface area contributed by atoms with Crippen LogP contribution in [0.4, 0.5) is 0 Å². The number of halogens is 1. The van der Waals surface area contributed by atoms with Crippen LogP contribution in [0.2, 0.25) is 5.02 Å². The summed E-state index contributed by atoms with van der Waals surface area (Å²) >= 11 is 5.83. The Kier molecular flexibility index (Phi) is 5.70. The number of aliphatic hydroxyl groups excluding tert-OH is 1. The fourth-order valence-electron chi connectivity index (χ4n) is 3.04. The molecule has 3 nitrogen and oxygen atoms in total. The summed E-state index contributed by atoms with van der Waals surface area (Å²) in [4.78, 5) is 1.50. The van der Waals surface area contributed by atoms with E-state index >= 15 is 0 Å². The van der Waals surface area contributed by atoms with Gasteiger partial charge < -0.3 is 14.7 Å². The van der Waals surface area contributed by atoms with E-state index in [-0.39, 0.29) is 0 Å². The van der Waals surface area contributed by atoms with Gasteiger partial charge >= 0.3 is 0 Å². The molecule has 4 heteroatoms. The summed E-state index contributed by atoms with van der Waals surface area (Å²) in [6.07, 6.45) is 3.39. The molecular weight excluding hydrogens is 274 g/mol. The number of ether oxygens (including phenoxy) is 1. The number of hydrogen-bond acceptors (Lipinski definition) is 2. The number of hydrogen-bond donors (Lipinski definition) is 2. The van der Waals surface area contributed by atoms with Gasteiger partial charge in [-0.2, -0.15) is 0 Å². The third-order valence-corrected chi connectivity index (χ3v) is 4.52. The van der Waals surface area contributed by atoms with E-state index in [9.17, 15) is 5.11 Å². The number of aliphatic hydroxyl groups is 1. The second kappa shape index (κ2) is 7.30. The molecule has 2 rings (SSSR count). The summed E-state index contributed by atoms with van der Waals surface area (Å²) in [5, 5.41) is 10.9. The molecule has 1 aromatic rings. The topological polar surface area (TPSA) is 33.9 Å². The third-order valence-electron chi connectivity index (χ3n) is 4.27. The zero-order valence-corrected chi connectivity index (χ0v) is 13.1. The Morgan fingerprint density at radius 3 is 2.45 bits per heavy atom. The fourth-order valence-corrected chi connectivity index (χ4v) is 3.17. The van der Waals surface area contributed by atoms with Crippen LogP contribution >= 0.6 is 11.6 Å². The van der Waals surface area contributed by atoms with Gasteiger partial charge in [-0.1, -0.05) is 11.6 Å². The van der Waals surface area contributed by atoms with Crippen molar-refractivity contribution in [3.8, 4) is 5.75 Å². The van der Waals surface area contributed by atoms with Crippen molar-refractivity contribution in [3.63, 3.8) is 0 Å². The lowest BCUT2D eigenvalue weighted by Crippen LogP contribution is -3.20.